The summed E-state index contributed by atoms with van der Waals surface area (Å²) in [6, 6.07) is 41.0. The Bertz CT molecular complexity index is 1390. The largest absolute Gasteiger partial charge is 0.247 e. The molecular weight excluding hydrogens is 386 g/mol. The normalized spacial score (nSPS) is 12.1. The summed E-state index contributed by atoms with van der Waals surface area (Å²) in [7, 11) is 0. The average molecular weight is 410 g/mol. The second-order valence-corrected chi connectivity index (χ2v) is 8.35. The fourth-order valence-corrected chi connectivity index (χ4v) is 4.76. The summed E-state index contributed by atoms with van der Waals surface area (Å²) in [6.45, 7) is 0. The maximum absolute atomic E-state index is 5.25. The highest BCUT2D eigenvalue weighted by molar-refractivity contribution is 5.85. The molecule has 0 fully saturated rings. The lowest BCUT2D eigenvalue weighted by Gasteiger charge is -2.24. The Kier molecular flexibility index (Phi) is 4.66. The van der Waals surface area contributed by atoms with Crippen LogP contribution in [0.25, 0.3) is 44.8 Å². The first-order valence-electron chi connectivity index (χ1n) is 11.2. The Morgan fingerprint density at radius 1 is 0.469 bits per heavy atom. The van der Waals surface area contributed by atoms with Crippen molar-refractivity contribution in [1.82, 2.24) is 4.98 Å². The number of nitrogens with zero attached hydrogens (tertiary/aromatic N) is 1. The molecule has 32 heavy (non-hydrogen) atoms. The third kappa shape index (κ3) is 3.33. The number of benzene rings is 4. The summed E-state index contributed by atoms with van der Waals surface area (Å²) in [4.78, 5) is 5.25. The van der Waals surface area contributed by atoms with Crippen LogP contribution in [-0.2, 0) is 12.8 Å². The van der Waals surface area contributed by atoms with Crippen molar-refractivity contribution >= 4 is 0 Å². The zero-order valence-corrected chi connectivity index (χ0v) is 17.8. The molecule has 1 heteroatoms. The molecule has 1 aliphatic carbocycles. The van der Waals surface area contributed by atoms with E-state index in [9.17, 15) is 0 Å². The van der Waals surface area contributed by atoms with E-state index in [4.69, 9.17) is 4.98 Å². The number of aromatic nitrogens is 1. The van der Waals surface area contributed by atoms with Crippen molar-refractivity contribution < 1.29 is 0 Å². The van der Waals surface area contributed by atoms with Gasteiger partial charge in [0.1, 0.15) is 0 Å². The first-order chi connectivity index (χ1) is 15.9. The number of rotatable bonds is 3. The van der Waals surface area contributed by atoms with E-state index in [1.165, 1.54) is 38.9 Å². The van der Waals surface area contributed by atoms with Crippen molar-refractivity contribution in [2.75, 3.05) is 0 Å². The van der Waals surface area contributed by atoms with E-state index >= 15 is 0 Å². The molecule has 4 aromatic carbocycles. The van der Waals surface area contributed by atoms with Crippen molar-refractivity contribution in [3.8, 4) is 44.8 Å². The highest BCUT2D eigenvalue weighted by atomic mass is 14.7. The predicted octanol–water partition coefficient (Wildman–Crippen LogP) is 7.85. The minimum absolute atomic E-state index is 1.01. The molecule has 0 saturated heterocycles. The van der Waals surface area contributed by atoms with Crippen LogP contribution in [-0.4, -0.2) is 4.98 Å². The molecule has 5 aromatic rings. The molecule has 0 atom stereocenters. The SMILES string of the molecule is c1ccc(-c2ccc3c(c2)-c2nc(-c4ccccc4)cc(-c4ccccc4)c2CC3)cc1. The van der Waals surface area contributed by atoms with E-state index in [0.29, 0.717) is 0 Å². The fourth-order valence-electron chi connectivity index (χ4n) is 4.76. The average Bonchev–Trinajstić information content (AvgIpc) is 2.89. The van der Waals surface area contributed by atoms with Crippen molar-refractivity contribution in [3.05, 3.63) is 126 Å². The van der Waals surface area contributed by atoms with Crippen LogP contribution < -0.4 is 0 Å². The molecule has 0 spiro atoms. The lowest BCUT2D eigenvalue weighted by molar-refractivity contribution is 0.930. The van der Waals surface area contributed by atoms with Crippen LogP contribution in [0.1, 0.15) is 11.1 Å². The Hall–Kier alpha value is -3.97. The Labute approximate surface area is 189 Å². The molecule has 0 saturated carbocycles. The Morgan fingerprint density at radius 2 is 1.09 bits per heavy atom. The first kappa shape index (κ1) is 18.8. The van der Waals surface area contributed by atoms with E-state index in [2.05, 4.69) is 115 Å². The molecule has 1 aliphatic rings. The fraction of sp³-hybridized carbons (Fsp3) is 0.0645. The number of fused-ring (bicyclic) bond motifs is 3. The van der Waals surface area contributed by atoms with Gasteiger partial charge in [-0.3, -0.25) is 0 Å². The summed E-state index contributed by atoms with van der Waals surface area (Å²) in [5.74, 6) is 0. The summed E-state index contributed by atoms with van der Waals surface area (Å²) in [5.41, 5.74) is 12.3. The van der Waals surface area contributed by atoms with Crippen molar-refractivity contribution in [3.63, 3.8) is 0 Å². The number of pyridine rings is 1. The second kappa shape index (κ2) is 7.94. The van der Waals surface area contributed by atoms with Gasteiger partial charge in [-0.25, -0.2) is 4.98 Å². The third-order valence-electron chi connectivity index (χ3n) is 6.40. The standard InChI is InChI=1S/C31H23N/c1-4-10-22(11-5-1)26-17-16-24-18-19-27-28(23-12-6-2-7-13-23)21-30(25-14-8-3-9-15-25)32-31(27)29(24)20-26/h1-17,20-21H,18-19H2. The Morgan fingerprint density at radius 3 is 1.78 bits per heavy atom. The quantitative estimate of drug-likeness (QED) is 0.296. The van der Waals surface area contributed by atoms with Crippen molar-refractivity contribution in [1.29, 1.82) is 0 Å². The van der Waals surface area contributed by atoms with Crippen LogP contribution in [0.15, 0.2) is 115 Å². The van der Waals surface area contributed by atoms with E-state index in [1.807, 2.05) is 0 Å². The predicted molar refractivity (Wildman–Crippen MR) is 133 cm³/mol. The zero-order valence-electron chi connectivity index (χ0n) is 17.8. The molecule has 0 amide bonds. The van der Waals surface area contributed by atoms with Gasteiger partial charge in [0.05, 0.1) is 11.4 Å². The molecule has 1 heterocycles. The maximum atomic E-state index is 5.25. The van der Waals surface area contributed by atoms with Gasteiger partial charge in [0.25, 0.3) is 0 Å². The first-order valence-corrected chi connectivity index (χ1v) is 11.2. The van der Waals surface area contributed by atoms with Crippen LogP contribution in [0.2, 0.25) is 0 Å². The van der Waals surface area contributed by atoms with E-state index in [1.54, 1.807) is 0 Å². The van der Waals surface area contributed by atoms with Gasteiger partial charge in [0, 0.05) is 11.1 Å². The zero-order chi connectivity index (χ0) is 21.3. The van der Waals surface area contributed by atoms with Gasteiger partial charge in [0.15, 0.2) is 0 Å². The number of hydrogen-bond acceptors (Lipinski definition) is 1. The third-order valence-corrected chi connectivity index (χ3v) is 6.40. The van der Waals surface area contributed by atoms with Gasteiger partial charge in [-0.15, -0.1) is 0 Å². The minimum Gasteiger partial charge on any atom is -0.247 e. The molecule has 1 nitrogen and oxygen atoms in total. The summed E-state index contributed by atoms with van der Waals surface area (Å²) >= 11 is 0. The minimum atomic E-state index is 1.01. The molecular formula is C31H23N. The van der Waals surface area contributed by atoms with Gasteiger partial charge >= 0.3 is 0 Å². The molecule has 152 valence electrons. The molecule has 0 unspecified atom stereocenters. The van der Waals surface area contributed by atoms with E-state index in [0.717, 1.165) is 29.8 Å². The van der Waals surface area contributed by atoms with Crippen molar-refractivity contribution in [2.24, 2.45) is 0 Å². The second-order valence-electron chi connectivity index (χ2n) is 8.35. The molecule has 0 N–H and O–H groups in total. The van der Waals surface area contributed by atoms with Gasteiger partial charge in [-0.05, 0) is 58.4 Å². The number of aryl methyl sites for hydroxylation is 1. The van der Waals surface area contributed by atoms with Gasteiger partial charge < -0.3 is 0 Å². The van der Waals surface area contributed by atoms with Crippen LogP contribution in [0.3, 0.4) is 0 Å². The molecule has 1 aromatic heterocycles. The van der Waals surface area contributed by atoms with Gasteiger partial charge in [-0.2, -0.15) is 0 Å². The molecule has 0 aliphatic heterocycles. The summed E-state index contributed by atoms with van der Waals surface area (Å²) < 4.78 is 0. The van der Waals surface area contributed by atoms with Crippen LogP contribution in [0.4, 0.5) is 0 Å². The monoisotopic (exact) mass is 409 g/mol. The highest BCUT2D eigenvalue weighted by Crippen LogP contribution is 2.41. The topological polar surface area (TPSA) is 12.9 Å². The molecule has 0 bridgehead atoms. The number of hydrogen-bond donors (Lipinski definition) is 0. The van der Waals surface area contributed by atoms with E-state index < -0.39 is 0 Å². The van der Waals surface area contributed by atoms with Crippen LogP contribution in [0, 0.1) is 0 Å². The summed E-state index contributed by atoms with van der Waals surface area (Å²) in [5, 5.41) is 0. The van der Waals surface area contributed by atoms with Crippen molar-refractivity contribution in [2.45, 2.75) is 12.8 Å². The lowest BCUT2D eigenvalue weighted by Crippen LogP contribution is -2.08. The highest BCUT2D eigenvalue weighted by Gasteiger charge is 2.23. The lowest BCUT2D eigenvalue weighted by atomic mass is 9.83. The van der Waals surface area contributed by atoms with Gasteiger partial charge in [-0.1, -0.05) is 103 Å². The summed E-state index contributed by atoms with van der Waals surface area (Å²) in [6.07, 6.45) is 2.06. The van der Waals surface area contributed by atoms with Crippen LogP contribution in [0.5, 0.6) is 0 Å². The van der Waals surface area contributed by atoms with Crippen LogP contribution >= 0.6 is 0 Å². The molecule has 0 radical (unpaired) electrons. The maximum Gasteiger partial charge on any atom is 0.0750 e. The Balaban J connectivity index is 1.60. The van der Waals surface area contributed by atoms with E-state index in [-0.39, 0.29) is 0 Å². The smallest absolute Gasteiger partial charge is 0.0750 e. The van der Waals surface area contributed by atoms with Gasteiger partial charge in [0.2, 0.25) is 0 Å². The molecule has 6 rings (SSSR count).